The molecule has 1 fully saturated rings. The summed E-state index contributed by atoms with van der Waals surface area (Å²) in [5.41, 5.74) is 0. The molecule has 0 aromatic heterocycles. The molecule has 1 aliphatic carbocycles. The Morgan fingerprint density at radius 1 is 0.750 bits per heavy atom. The first-order valence-corrected chi connectivity index (χ1v) is 3.91. The van der Waals surface area contributed by atoms with Crippen LogP contribution in [0.25, 0.3) is 0 Å². The summed E-state index contributed by atoms with van der Waals surface area (Å²) in [6.07, 6.45) is 8.64. The molecule has 0 unspecified atom stereocenters. The molecule has 50 valence electrons. The van der Waals surface area contributed by atoms with Crippen molar-refractivity contribution >= 4 is 0 Å². The highest BCUT2D eigenvalue weighted by Gasteiger charge is 1.95. The molecule has 8 heavy (non-hydrogen) atoms. The molecule has 0 aromatic rings. The largest absolute Gasteiger partial charge is 0.0654 e. The van der Waals surface area contributed by atoms with Gasteiger partial charge in [-0.05, 0) is 0 Å². The van der Waals surface area contributed by atoms with Crippen molar-refractivity contribution in [3.8, 4) is 0 Å². The van der Waals surface area contributed by atoms with E-state index >= 15 is 0 Å². The molecule has 0 saturated heterocycles. The number of hydrogen-bond donors (Lipinski definition) is 0. The monoisotopic (exact) mass is 114 g/mol. The molecule has 1 rings (SSSR count). The number of hydrogen-bond acceptors (Lipinski definition) is 0. The zero-order chi connectivity index (χ0) is 6.24. The van der Waals surface area contributed by atoms with Crippen LogP contribution in [0.4, 0.5) is 0 Å². The van der Waals surface area contributed by atoms with Crippen LogP contribution in [0.1, 0.15) is 52.4 Å². The fourth-order valence-corrected chi connectivity index (χ4v) is 0.250. The zero-order valence-electron chi connectivity index (χ0n) is 6.24. The van der Waals surface area contributed by atoms with Crippen molar-refractivity contribution in [1.29, 1.82) is 0 Å². The second-order valence-corrected chi connectivity index (χ2v) is 2.41. The predicted octanol–water partition coefficient (Wildman–Crippen LogP) is 3.37. The maximum atomic E-state index is 2.18. The van der Waals surface area contributed by atoms with E-state index in [9.17, 15) is 0 Å². The molecule has 0 N–H and O–H groups in total. The lowest BCUT2D eigenvalue weighted by Crippen LogP contribution is -1.85. The first-order valence-electron chi connectivity index (χ1n) is 3.91. The van der Waals surface area contributed by atoms with Crippen molar-refractivity contribution in [2.75, 3.05) is 0 Å². The van der Waals surface area contributed by atoms with Crippen LogP contribution in [0, 0.1) is 0 Å². The van der Waals surface area contributed by atoms with Gasteiger partial charge in [0.05, 0.1) is 0 Å². The topological polar surface area (TPSA) is 0 Å². The van der Waals surface area contributed by atoms with Crippen molar-refractivity contribution in [1.82, 2.24) is 0 Å². The average molecular weight is 114 g/mol. The molecular weight excluding hydrogens is 96.1 g/mol. The third-order valence-electron chi connectivity index (χ3n) is 1.50. The summed E-state index contributed by atoms with van der Waals surface area (Å²) in [6.45, 7) is 4.36. The summed E-state index contributed by atoms with van der Waals surface area (Å²) in [4.78, 5) is 0. The summed E-state index contributed by atoms with van der Waals surface area (Å²) in [5.74, 6) is 0. The van der Waals surface area contributed by atoms with Gasteiger partial charge >= 0.3 is 0 Å². The van der Waals surface area contributed by atoms with Gasteiger partial charge in [-0.25, -0.2) is 0 Å². The van der Waals surface area contributed by atoms with E-state index in [2.05, 4.69) is 13.8 Å². The maximum absolute atomic E-state index is 2.18. The lowest BCUT2D eigenvalue weighted by molar-refractivity contribution is 0.504. The number of unbranched alkanes of at least 4 members (excludes halogenated alkanes) is 1. The van der Waals surface area contributed by atoms with Crippen LogP contribution >= 0.6 is 0 Å². The van der Waals surface area contributed by atoms with Gasteiger partial charge in [-0.1, -0.05) is 52.4 Å². The molecule has 1 aliphatic rings. The maximum Gasteiger partial charge on any atom is -0.0533 e. The fourth-order valence-electron chi connectivity index (χ4n) is 0.250. The van der Waals surface area contributed by atoms with Gasteiger partial charge in [0.1, 0.15) is 0 Å². The van der Waals surface area contributed by atoms with E-state index in [0.29, 0.717) is 0 Å². The summed E-state index contributed by atoms with van der Waals surface area (Å²) < 4.78 is 0. The number of rotatable bonds is 1. The van der Waals surface area contributed by atoms with E-state index < -0.39 is 0 Å². The molecule has 1 saturated carbocycles. The Kier molecular flexibility index (Phi) is 7.00. The smallest absolute Gasteiger partial charge is 0.0533 e. The normalized spacial score (nSPS) is 15.8. The van der Waals surface area contributed by atoms with E-state index in [1.54, 1.807) is 0 Å². The summed E-state index contributed by atoms with van der Waals surface area (Å²) in [5, 5.41) is 0. The molecule has 0 heteroatoms. The molecule has 0 aromatic carbocycles. The van der Waals surface area contributed by atoms with Gasteiger partial charge < -0.3 is 0 Å². The lowest BCUT2D eigenvalue weighted by atomic mass is 10.0. The van der Waals surface area contributed by atoms with Gasteiger partial charge in [0.15, 0.2) is 0 Å². The molecule has 0 heterocycles. The van der Waals surface area contributed by atoms with Crippen LogP contribution in [-0.2, 0) is 0 Å². The van der Waals surface area contributed by atoms with Crippen molar-refractivity contribution in [3.63, 3.8) is 0 Å². The zero-order valence-corrected chi connectivity index (χ0v) is 6.24. The minimum absolute atomic E-state index is 1.32. The Morgan fingerprint density at radius 3 is 1.00 bits per heavy atom. The van der Waals surface area contributed by atoms with Crippen LogP contribution in [0.15, 0.2) is 0 Å². The standard InChI is InChI=1S/C4H8.C4H10/c1-2-4-3-1;1-3-4-2/h1-4H2;3-4H2,1-2H3. The molecule has 0 spiro atoms. The van der Waals surface area contributed by atoms with Gasteiger partial charge in [-0.3, -0.25) is 0 Å². The van der Waals surface area contributed by atoms with Crippen LogP contribution < -0.4 is 0 Å². The Balaban J connectivity index is 0.000000122. The highest BCUT2D eigenvalue weighted by atomic mass is 14.0. The van der Waals surface area contributed by atoms with Crippen molar-refractivity contribution in [3.05, 3.63) is 0 Å². The van der Waals surface area contributed by atoms with Crippen molar-refractivity contribution < 1.29 is 0 Å². The lowest BCUT2D eigenvalue weighted by Gasteiger charge is -2.05. The quantitative estimate of drug-likeness (QED) is 0.490. The van der Waals surface area contributed by atoms with Crippen molar-refractivity contribution in [2.45, 2.75) is 52.4 Å². The van der Waals surface area contributed by atoms with Crippen LogP contribution in [0.3, 0.4) is 0 Å². The molecule has 0 bridgehead atoms. The first kappa shape index (κ1) is 8.00. The summed E-state index contributed by atoms with van der Waals surface area (Å²) in [7, 11) is 0. The minimum atomic E-state index is 1.32. The van der Waals surface area contributed by atoms with Gasteiger partial charge in [0.25, 0.3) is 0 Å². The summed E-state index contributed by atoms with van der Waals surface area (Å²) in [6, 6.07) is 0. The Bertz CT molecular complexity index is 21.0. The molecule has 0 aliphatic heterocycles. The molecule has 0 nitrogen and oxygen atoms in total. The van der Waals surface area contributed by atoms with E-state index in [-0.39, 0.29) is 0 Å². The minimum Gasteiger partial charge on any atom is -0.0654 e. The highest BCUT2D eigenvalue weighted by molar-refractivity contribution is 4.50. The molecular formula is C8H18. The molecule has 0 atom stereocenters. The van der Waals surface area contributed by atoms with Crippen LogP contribution in [0.2, 0.25) is 0 Å². The second kappa shape index (κ2) is 7.00. The highest BCUT2D eigenvalue weighted by Crippen LogP contribution is 2.15. The summed E-state index contributed by atoms with van der Waals surface area (Å²) >= 11 is 0. The average Bonchev–Trinajstić information content (AvgIpc) is 1.61. The van der Waals surface area contributed by atoms with E-state index in [0.717, 1.165) is 0 Å². The third kappa shape index (κ3) is 6.00. The van der Waals surface area contributed by atoms with Gasteiger partial charge in [-0.2, -0.15) is 0 Å². The predicted molar refractivity (Wildman–Crippen MR) is 39.0 cm³/mol. The van der Waals surface area contributed by atoms with E-state index in [1.165, 1.54) is 38.5 Å². The SMILES string of the molecule is C1CCC1.CCCC. The Morgan fingerprint density at radius 2 is 1.00 bits per heavy atom. The van der Waals surface area contributed by atoms with Crippen molar-refractivity contribution in [2.24, 2.45) is 0 Å². The Labute approximate surface area is 53.3 Å². The van der Waals surface area contributed by atoms with Crippen LogP contribution in [0.5, 0.6) is 0 Å². The van der Waals surface area contributed by atoms with Gasteiger partial charge in [-0.15, -0.1) is 0 Å². The second-order valence-electron chi connectivity index (χ2n) is 2.41. The van der Waals surface area contributed by atoms with Crippen LogP contribution in [-0.4, -0.2) is 0 Å². The first-order chi connectivity index (χ1) is 3.91. The van der Waals surface area contributed by atoms with Gasteiger partial charge in [0.2, 0.25) is 0 Å². The molecule has 0 amide bonds. The van der Waals surface area contributed by atoms with Gasteiger partial charge in [0, 0.05) is 0 Å². The Hall–Kier alpha value is 0. The third-order valence-corrected chi connectivity index (χ3v) is 1.50. The molecule has 0 radical (unpaired) electrons. The fraction of sp³-hybridized carbons (Fsp3) is 1.00. The van der Waals surface area contributed by atoms with E-state index in [1.807, 2.05) is 0 Å². The van der Waals surface area contributed by atoms with E-state index in [4.69, 9.17) is 0 Å².